The van der Waals surface area contributed by atoms with Gasteiger partial charge in [-0.1, -0.05) is 23.7 Å². The molecule has 1 saturated heterocycles. The van der Waals surface area contributed by atoms with E-state index in [4.69, 9.17) is 21.1 Å². The molecule has 1 N–H and O–H groups in total. The third-order valence-electron chi connectivity index (χ3n) is 5.50. The number of anilines is 1. The van der Waals surface area contributed by atoms with Gasteiger partial charge in [0.1, 0.15) is 23.0 Å². The number of nitrogens with zero attached hydrogens (tertiary/aromatic N) is 2. The number of ether oxygens (including phenoxy) is 3. The van der Waals surface area contributed by atoms with Crippen LogP contribution < -0.4 is 19.1 Å². The average molecular weight is 535 g/mol. The molecule has 8 nitrogen and oxygen atoms in total. The average Bonchev–Trinajstić information content (AvgIpc) is 3.13. The topological polar surface area (TPSA) is 98.2 Å². The van der Waals surface area contributed by atoms with Gasteiger partial charge in [0.25, 0.3) is 11.7 Å². The zero-order chi connectivity index (χ0) is 26.9. The number of pyridine rings is 1. The molecule has 0 spiro atoms. The maximum Gasteiger partial charge on any atom is 0.573 e. The number of Topliss-reactive ketones (excluding diaryl/α,β-unsaturated/α-hetero) is 1. The van der Waals surface area contributed by atoms with Crippen LogP contribution in [0.2, 0.25) is 5.02 Å². The predicted octanol–water partition coefficient (Wildman–Crippen LogP) is 5.28. The molecule has 0 radical (unpaired) electrons. The first kappa shape index (κ1) is 25.8. The zero-order valence-corrected chi connectivity index (χ0v) is 20.0. The first-order valence-electron chi connectivity index (χ1n) is 10.5. The molecule has 1 atom stereocenters. The zero-order valence-electron chi connectivity index (χ0n) is 19.2. The lowest BCUT2D eigenvalue weighted by atomic mass is 9.95. The SMILES string of the molecule is COc1cc(/C(O)=C2\C(=O)C(=O)N(c3cccc(OC(F)(F)F)c3)C2c2cccnc2)c(OC)cc1Cl. The summed E-state index contributed by atoms with van der Waals surface area (Å²) in [5.41, 5.74) is -0.102. The number of amides is 1. The van der Waals surface area contributed by atoms with Crippen molar-refractivity contribution in [2.24, 2.45) is 0 Å². The van der Waals surface area contributed by atoms with Gasteiger partial charge in [0.15, 0.2) is 0 Å². The summed E-state index contributed by atoms with van der Waals surface area (Å²) in [6.45, 7) is 0. The highest BCUT2D eigenvalue weighted by Crippen LogP contribution is 2.45. The number of aromatic nitrogens is 1. The number of rotatable bonds is 6. The summed E-state index contributed by atoms with van der Waals surface area (Å²) in [6, 6.07) is 9.15. The first-order chi connectivity index (χ1) is 17.6. The highest BCUT2D eigenvalue weighted by molar-refractivity contribution is 6.51. The van der Waals surface area contributed by atoms with Crippen LogP contribution in [0.5, 0.6) is 17.2 Å². The number of carbonyl (C=O) groups is 2. The Morgan fingerprint density at radius 1 is 1.05 bits per heavy atom. The van der Waals surface area contributed by atoms with Gasteiger partial charge in [-0.2, -0.15) is 0 Å². The van der Waals surface area contributed by atoms with Crippen LogP contribution in [-0.2, 0) is 9.59 Å². The Hall–Kier alpha value is -4.25. The third-order valence-corrected chi connectivity index (χ3v) is 5.80. The van der Waals surface area contributed by atoms with E-state index in [0.29, 0.717) is 5.56 Å². The van der Waals surface area contributed by atoms with E-state index in [2.05, 4.69) is 9.72 Å². The molecule has 4 rings (SSSR count). The second kappa shape index (κ2) is 10.0. The quantitative estimate of drug-likeness (QED) is 0.261. The van der Waals surface area contributed by atoms with Crippen molar-refractivity contribution >= 4 is 34.7 Å². The molecule has 3 aromatic rings. The lowest BCUT2D eigenvalue weighted by molar-refractivity contribution is -0.274. The van der Waals surface area contributed by atoms with Gasteiger partial charge in [0, 0.05) is 30.2 Å². The standard InChI is InChI=1S/C25H18ClF3N2O6/c1-35-18-11-17(26)19(36-2)10-16(18)22(32)20-21(13-5-4-8-30-12-13)31(24(34)23(20)33)14-6-3-7-15(9-14)37-25(27,28)29/h3-12,21,32H,1-2H3/b22-20+. The Labute approximate surface area is 213 Å². The lowest BCUT2D eigenvalue weighted by Crippen LogP contribution is -2.29. The van der Waals surface area contributed by atoms with Crippen molar-refractivity contribution in [3.63, 3.8) is 0 Å². The van der Waals surface area contributed by atoms with Gasteiger partial charge in [0.2, 0.25) is 0 Å². The van der Waals surface area contributed by atoms with E-state index in [-0.39, 0.29) is 33.3 Å². The van der Waals surface area contributed by atoms with Crippen molar-refractivity contribution in [3.8, 4) is 17.2 Å². The first-order valence-corrected chi connectivity index (χ1v) is 10.9. The number of ketones is 1. The number of halogens is 4. The molecule has 192 valence electrons. The van der Waals surface area contributed by atoms with Crippen molar-refractivity contribution in [3.05, 3.63) is 82.6 Å². The van der Waals surface area contributed by atoms with Crippen molar-refractivity contribution in [2.45, 2.75) is 12.4 Å². The van der Waals surface area contributed by atoms with Crippen LogP contribution in [-0.4, -0.2) is 42.4 Å². The van der Waals surface area contributed by atoms with Crippen molar-refractivity contribution < 1.29 is 42.1 Å². The molecular weight excluding hydrogens is 517 g/mol. The number of methoxy groups -OCH3 is 2. The van der Waals surface area contributed by atoms with Crippen LogP contribution >= 0.6 is 11.6 Å². The fourth-order valence-electron chi connectivity index (χ4n) is 3.97. The van der Waals surface area contributed by atoms with Gasteiger partial charge < -0.3 is 19.3 Å². The van der Waals surface area contributed by atoms with Gasteiger partial charge in [-0.15, -0.1) is 13.2 Å². The molecule has 0 saturated carbocycles. The van der Waals surface area contributed by atoms with Crippen molar-refractivity contribution in [1.82, 2.24) is 4.98 Å². The molecule has 1 aliphatic heterocycles. The fourth-order valence-corrected chi connectivity index (χ4v) is 4.20. The normalized spacial score (nSPS) is 17.1. The Morgan fingerprint density at radius 2 is 1.78 bits per heavy atom. The molecule has 1 fully saturated rings. The molecule has 12 heteroatoms. The molecule has 1 aromatic heterocycles. The summed E-state index contributed by atoms with van der Waals surface area (Å²) in [6.07, 6.45) is -2.15. The van der Waals surface area contributed by atoms with E-state index in [1.807, 2.05) is 0 Å². The molecule has 2 heterocycles. The molecule has 0 aliphatic carbocycles. The maximum absolute atomic E-state index is 13.3. The van der Waals surface area contributed by atoms with Gasteiger partial charge >= 0.3 is 6.36 Å². The Bertz CT molecular complexity index is 1390. The van der Waals surface area contributed by atoms with Crippen LogP contribution in [0.4, 0.5) is 18.9 Å². The van der Waals surface area contributed by atoms with E-state index in [0.717, 1.165) is 17.0 Å². The maximum atomic E-state index is 13.3. The van der Waals surface area contributed by atoms with Crippen LogP contribution in [0.15, 0.2) is 66.5 Å². The van der Waals surface area contributed by atoms with Crippen molar-refractivity contribution in [1.29, 1.82) is 0 Å². The summed E-state index contributed by atoms with van der Waals surface area (Å²) in [4.78, 5) is 31.5. The molecule has 1 unspecified atom stereocenters. The summed E-state index contributed by atoms with van der Waals surface area (Å²) in [5, 5.41) is 11.5. The van der Waals surface area contributed by atoms with Crippen molar-refractivity contribution in [2.75, 3.05) is 19.1 Å². The Morgan fingerprint density at radius 3 is 2.41 bits per heavy atom. The Kier molecular flexibility index (Phi) is 6.99. The lowest BCUT2D eigenvalue weighted by Gasteiger charge is -2.25. The van der Waals surface area contributed by atoms with Crippen LogP contribution in [0, 0.1) is 0 Å². The number of alkyl halides is 3. The highest BCUT2D eigenvalue weighted by atomic mass is 35.5. The van der Waals surface area contributed by atoms with E-state index in [1.54, 1.807) is 12.1 Å². The highest BCUT2D eigenvalue weighted by Gasteiger charge is 2.47. The van der Waals surface area contributed by atoms with Crippen LogP contribution in [0.25, 0.3) is 5.76 Å². The van der Waals surface area contributed by atoms with E-state index < -0.39 is 35.6 Å². The largest absolute Gasteiger partial charge is 0.573 e. The number of hydrogen-bond acceptors (Lipinski definition) is 7. The van der Waals surface area contributed by atoms with Gasteiger partial charge in [0.05, 0.1) is 36.4 Å². The second-order valence-corrected chi connectivity index (χ2v) is 8.09. The minimum absolute atomic E-state index is 0.00444. The Balaban J connectivity index is 1.94. The fraction of sp³-hybridized carbons (Fsp3) is 0.160. The minimum Gasteiger partial charge on any atom is -0.507 e. The number of hydrogen-bond donors (Lipinski definition) is 1. The number of aliphatic hydroxyl groups excluding tert-OH is 1. The summed E-state index contributed by atoms with van der Waals surface area (Å²) >= 11 is 6.15. The van der Waals surface area contributed by atoms with E-state index in [9.17, 15) is 27.9 Å². The third kappa shape index (κ3) is 5.03. The molecule has 1 amide bonds. The van der Waals surface area contributed by atoms with Crippen LogP contribution in [0.1, 0.15) is 17.2 Å². The van der Waals surface area contributed by atoms with Gasteiger partial charge in [-0.25, -0.2) is 0 Å². The van der Waals surface area contributed by atoms with E-state index in [1.165, 1.54) is 50.9 Å². The monoisotopic (exact) mass is 534 g/mol. The smallest absolute Gasteiger partial charge is 0.507 e. The molecule has 2 aromatic carbocycles. The van der Waals surface area contributed by atoms with Gasteiger partial charge in [-0.05, 0) is 29.8 Å². The molecular formula is C25H18ClF3N2O6. The number of aliphatic hydroxyl groups is 1. The molecule has 37 heavy (non-hydrogen) atoms. The van der Waals surface area contributed by atoms with Crippen LogP contribution in [0.3, 0.4) is 0 Å². The summed E-state index contributed by atoms with van der Waals surface area (Å²) in [7, 11) is 2.67. The summed E-state index contributed by atoms with van der Waals surface area (Å²) < 4.78 is 52.9. The van der Waals surface area contributed by atoms with Gasteiger partial charge in [-0.3, -0.25) is 19.5 Å². The second-order valence-electron chi connectivity index (χ2n) is 7.69. The minimum atomic E-state index is -4.97. The number of benzene rings is 2. The molecule has 1 aliphatic rings. The number of carbonyl (C=O) groups excluding carboxylic acids is 2. The summed E-state index contributed by atoms with van der Waals surface area (Å²) in [5.74, 6) is -3.12. The molecule has 0 bridgehead atoms. The van der Waals surface area contributed by atoms with E-state index >= 15 is 0 Å². The predicted molar refractivity (Wildman–Crippen MR) is 127 cm³/mol.